The lowest BCUT2D eigenvalue weighted by Crippen LogP contribution is -2.37. The lowest BCUT2D eigenvalue weighted by molar-refractivity contribution is -0.112. The lowest BCUT2D eigenvalue weighted by Gasteiger charge is -2.14. The zero-order valence-corrected chi connectivity index (χ0v) is 27.0. The summed E-state index contributed by atoms with van der Waals surface area (Å²) in [6, 6.07) is 17.4. The number of methoxy groups -OCH3 is 1. The van der Waals surface area contributed by atoms with Crippen molar-refractivity contribution in [1.29, 1.82) is 5.26 Å². The van der Waals surface area contributed by atoms with E-state index in [2.05, 4.69) is 10.3 Å². The fourth-order valence-corrected chi connectivity index (χ4v) is 5.27. The van der Waals surface area contributed by atoms with Crippen molar-refractivity contribution in [2.45, 2.75) is 20.4 Å². The van der Waals surface area contributed by atoms with Crippen molar-refractivity contribution >= 4 is 52.0 Å². The minimum absolute atomic E-state index is 0.00785. The van der Waals surface area contributed by atoms with Crippen LogP contribution in [0.5, 0.6) is 17.5 Å². The minimum Gasteiger partial charge on any atom is -0.493 e. The van der Waals surface area contributed by atoms with E-state index in [9.17, 15) is 19.6 Å². The summed E-state index contributed by atoms with van der Waals surface area (Å²) in [5, 5.41) is 13.4. The van der Waals surface area contributed by atoms with Crippen LogP contribution in [0.25, 0.3) is 17.2 Å². The summed E-state index contributed by atoms with van der Waals surface area (Å²) in [6.45, 7) is 3.85. The second-order valence-electron chi connectivity index (χ2n) is 10.5. The highest BCUT2D eigenvalue weighted by atomic mass is 35.5. The van der Waals surface area contributed by atoms with Crippen LogP contribution in [0.1, 0.15) is 22.3 Å². The Kier molecular flexibility index (Phi) is 9.05. The number of anilines is 1. The number of nitrogens with zero attached hydrogens (tertiary/aromatic N) is 5. The molecule has 0 saturated carbocycles. The van der Waals surface area contributed by atoms with Crippen LogP contribution >= 0.6 is 23.2 Å². The Morgan fingerprint density at radius 2 is 1.78 bits per heavy atom. The van der Waals surface area contributed by atoms with Crippen LogP contribution in [0, 0.1) is 25.2 Å². The number of rotatable bonds is 8. The molecule has 0 fully saturated rings. The van der Waals surface area contributed by atoms with E-state index < -0.39 is 17.2 Å². The van der Waals surface area contributed by atoms with Crippen molar-refractivity contribution in [2.24, 2.45) is 14.1 Å². The number of carbonyl (C=O) groups excluding carboxylic acids is 1. The Labute approximate surface area is 273 Å². The summed E-state index contributed by atoms with van der Waals surface area (Å²) in [5.74, 6) is -0.0817. The molecule has 0 aliphatic rings. The first-order valence-electron chi connectivity index (χ1n) is 13.9. The SMILES string of the molecule is COc1cc(C=C(C#N)C(=O)Nc2cc(C)ccc2C)ccc1Oc1nc2c(c(=O)n(C)c(=O)n2C)n1Cc1ccc(Cl)cc1Cl. The Morgan fingerprint density at radius 1 is 1.02 bits per heavy atom. The zero-order valence-electron chi connectivity index (χ0n) is 25.5. The first kappa shape index (κ1) is 32.1. The van der Waals surface area contributed by atoms with Crippen LogP contribution in [-0.4, -0.2) is 31.7 Å². The Bertz CT molecular complexity index is 2230. The summed E-state index contributed by atoms with van der Waals surface area (Å²) in [5.41, 5.74) is 2.56. The first-order chi connectivity index (χ1) is 21.9. The van der Waals surface area contributed by atoms with Crippen molar-refractivity contribution in [1.82, 2.24) is 18.7 Å². The number of halogens is 2. The molecule has 46 heavy (non-hydrogen) atoms. The summed E-state index contributed by atoms with van der Waals surface area (Å²) >= 11 is 12.6. The number of nitrogens with one attached hydrogen (secondary N) is 1. The highest BCUT2D eigenvalue weighted by molar-refractivity contribution is 6.35. The van der Waals surface area contributed by atoms with Gasteiger partial charge in [-0.05, 0) is 72.5 Å². The molecule has 0 saturated heterocycles. The smallest absolute Gasteiger partial charge is 0.332 e. The predicted octanol–water partition coefficient (Wildman–Crippen LogP) is 5.75. The predicted molar refractivity (Wildman–Crippen MR) is 177 cm³/mol. The van der Waals surface area contributed by atoms with Crippen molar-refractivity contribution in [2.75, 3.05) is 12.4 Å². The van der Waals surface area contributed by atoms with Gasteiger partial charge in [0, 0.05) is 29.8 Å². The molecule has 2 heterocycles. The van der Waals surface area contributed by atoms with Gasteiger partial charge in [0.2, 0.25) is 0 Å². The van der Waals surface area contributed by atoms with Gasteiger partial charge in [-0.2, -0.15) is 10.2 Å². The summed E-state index contributed by atoms with van der Waals surface area (Å²) in [7, 11) is 4.32. The second kappa shape index (κ2) is 13.0. The number of benzene rings is 3. The topological polar surface area (TPSA) is 133 Å². The number of nitriles is 1. The number of hydrogen-bond donors (Lipinski definition) is 1. The molecule has 1 N–H and O–H groups in total. The van der Waals surface area contributed by atoms with Crippen molar-refractivity contribution in [3.05, 3.63) is 113 Å². The number of ether oxygens (including phenoxy) is 2. The Hall–Kier alpha value is -5.31. The van der Waals surface area contributed by atoms with Gasteiger partial charge >= 0.3 is 11.7 Å². The molecule has 2 aromatic heterocycles. The maximum absolute atomic E-state index is 13.3. The number of amides is 1. The van der Waals surface area contributed by atoms with E-state index in [0.717, 1.165) is 15.7 Å². The highest BCUT2D eigenvalue weighted by Gasteiger charge is 2.23. The average Bonchev–Trinajstić information content (AvgIpc) is 3.38. The molecule has 11 nitrogen and oxygen atoms in total. The second-order valence-corrected chi connectivity index (χ2v) is 11.4. The average molecular weight is 660 g/mol. The monoisotopic (exact) mass is 658 g/mol. The number of carbonyl (C=O) groups is 1. The van der Waals surface area contributed by atoms with Crippen LogP contribution in [-0.2, 0) is 25.4 Å². The maximum atomic E-state index is 13.3. The number of fused-ring (bicyclic) bond motifs is 1. The molecule has 0 radical (unpaired) electrons. The molecule has 0 spiro atoms. The van der Waals surface area contributed by atoms with Crippen LogP contribution in [0.3, 0.4) is 0 Å². The third-order valence-electron chi connectivity index (χ3n) is 7.36. The van der Waals surface area contributed by atoms with Crippen LogP contribution in [0.15, 0.2) is 69.8 Å². The summed E-state index contributed by atoms with van der Waals surface area (Å²) in [4.78, 5) is 43.5. The number of imidazole rings is 1. The lowest BCUT2D eigenvalue weighted by atomic mass is 10.1. The van der Waals surface area contributed by atoms with Crippen molar-refractivity contribution < 1.29 is 14.3 Å². The molecule has 13 heteroatoms. The Morgan fingerprint density at radius 3 is 2.48 bits per heavy atom. The third-order valence-corrected chi connectivity index (χ3v) is 7.95. The Balaban J connectivity index is 1.54. The van der Waals surface area contributed by atoms with E-state index in [1.807, 2.05) is 38.1 Å². The fraction of sp³-hybridized carbons (Fsp3) is 0.182. The van der Waals surface area contributed by atoms with Crippen LogP contribution in [0.4, 0.5) is 5.69 Å². The molecular formula is C33H28Cl2N6O5. The molecule has 3 aromatic carbocycles. The van der Waals surface area contributed by atoms with Crippen molar-refractivity contribution in [3.8, 4) is 23.6 Å². The molecule has 0 aliphatic heterocycles. The number of hydrogen-bond acceptors (Lipinski definition) is 7. The van der Waals surface area contributed by atoms with E-state index in [1.165, 1.54) is 36.4 Å². The largest absolute Gasteiger partial charge is 0.493 e. The van der Waals surface area contributed by atoms with Gasteiger partial charge in [-0.15, -0.1) is 0 Å². The summed E-state index contributed by atoms with van der Waals surface area (Å²) in [6.07, 6.45) is 1.43. The van der Waals surface area contributed by atoms with Gasteiger partial charge in [0.25, 0.3) is 11.5 Å². The van der Waals surface area contributed by atoms with E-state index in [0.29, 0.717) is 26.9 Å². The molecule has 234 valence electrons. The molecule has 0 aliphatic carbocycles. The molecular weight excluding hydrogens is 631 g/mol. The van der Waals surface area contributed by atoms with E-state index in [-0.39, 0.29) is 40.8 Å². The van der Waals surface area contributed by atoms with E-state index >= 15 is 0 Å². The quantitative estimate of drug-likeness (QED) is 0.166. The number of aryl methyl sites for hydroxylation is 3. The zero-order chi connectivity index (χ0) is 33.3. The molecule has 0 bridgehead atoms. The van der Waals surface area contributed by atoms with E-state index in [4.69, 9.17) is 32.7 Å². The third kappa shape index (κ3) is 6.26. The molecule has 0 atom stereocenters. The summed E-state index contributed by atoms with van der Waals surface area (Å²) < 4.78 is 15.5. The molecule has 5 aromatic rings. The highest BCUT2D eigenvalue weighted by Crippen LogP contribution is 2.34. The van der Waals surface area contributed by atoms with Gasteiger partial charge in [-0.3, -0.25) is 23.3 Å². The van der Waals surface area contributed by atoms with Crippen LogP contribution in [0.2, 0.25) is 10.0 Å². The van der Waals surface area contributed by atoms with Crippen LogP contribution < -0.4 is 26.0 Å². The minimum atomic E-state index is -0.568. The molecule has 0 unspecified atom stereocenters. The van der Waals surface area contributed by atoms with Gasteiger partial charge in [0.1, 0.15) is 11.6 Å². The first-order valence-corrected chi connectivity index (χ1v) is 14.6. The number of aromatic nitrogens is 4. The standard InChI is InChI=1S/C33H28Cl2N6O5/c1-18-6-7-19(2)25(12-18)37-30(42)22(16-36)13-20-8-11-26(27(14-20)45-5)46-32-38-29-28(31(43)40(4)33(44)39(29)3)41(32)17-21-9-10-23(34)15-24(21)35/h6-15H,17H2,1-5H3,(H,37,42). The molecule has 1 amide bonds. The van der Waals surface area contributed by atoms with E-state index in [1.54, 1.807) is 36.4 Å². The van der Waals surface area contributed by atoms with Gasteiger partial charge in [-0.1, -0.05) is 47.5 Å². The van der Waals surface area contributed by atoms with Crippen molar-refractivity contribution in [3.63, 3.8) is 0 Å². The molecule has 5 rings (SSSR count). The maximum Gasteiger partial charge on any atom is 0.332 e. The fourth-order valence-electron chi connectivity index (χ4n) is 4.80. The van der Waals surface area contributed by atoms with Gasteiger partial charge < -0.3 is 14.8 Å². The van der Waals surface area contributed by atoms with Gasteiger partial charge in [0.05, 0.1) is 13.7 Å². The normalized spacial score (nSPS) is 11.4. The van der Waals surface area contributed by atoms with Gasteiger partial charge in [-0.25, -0.2) is 4.79 Å². The van der Waals surface area contributed by atoms with Gasteiger partial charge in [0.15, 0.2) is 22.7 Å².